The fourth-order valence-corrected chi connectivity index (χ4v) is 2.26. The van der Waals surface area contributed by atoms with Crippen LogP contribution in [-0.2, 0) is 4.79 Å². The summed E-state index contributed by atoms with van der Waals surface area (Å²) in [6, 6.07) is 16.8. The Bertz CT molecular complexity index is 613. The maximum absolute atomic E-state index is 12.0. The Balaban J connectivity index is 1.84. The lowest BCUT2D eigenvalue weighted by Gasteiger charge is -2.25. The van der Waals surface area contributed by atoms with Crippen molar-refractivity contribution in [1.29, 1.82) is 0 Å². The van der Waals surface area contributed by atoms with Gasteiger partial charge in [0.25, 0.3) is 0 Å². The summed E-state index contributed by atoms with van der Waals surface area (Å²) in [6.07, 6.45) is 0.425. The Hall–Kier alpha value is -2.33. The van der Waals surface area contributed by atoms with E-state index in [0.29, 0.717) is 13.0 Å². The molecule has 0 fully saturated rings. The molecule has 0 aliphatic carbocycles. The maximum atomic E-state index is 12.0. The summed E-state index contributed by atoms with van der Waals surface area (Å²) < 4.78 is 0. The van der Waals surface area contributed by atoms with Gasteiger partial charge in [0.1, 0.15) is 5.75 Å². The fourth-order valence-electron chi connectivity index (χ4n) is 2.26. The number of nitrogens with zero attached hydrogens (tertiary/aromatic N) is 1. The number of aromatic hydroxyl groups is 1. The lowest BCUT2D eigenvalue weighted by atomic mass is 10.1. The van der Waals surface area contributed by atoms with E-state index < -0.39 is 0 Å². The zero-order valence-electron chi connectivity index (χ0n) is 13.0. The Morgan fingerprint density at radius 2 is 1.91 bits per heavy atom. The van der Waals surface area contributed by atoms with Crippen LogP contribution in [0.5, 0.6) is 5.75 Å². The first kappa shape index (κ1) is 16.0. The molecule has 2 rings (SSSR count). The van der Waals surface area contributed by atoms with Gasteiger partial charge in [-0.15, -0.1) is 0 Å². The molecule has 0 aliphatic heterocycles. The highest BCUT2D eigenvalue weighted by Gasteiger charge is 2.13. The minimum Gasteiger partial charge on any atom is -0.508 e. The number of rotatable bonds is 6. The molecule has 0 unspecified atom stereocenters. The van der Waals surface area contributed by atoms with E-state index in [2.05, 4.69) is 17.1 Å². The van der Waals surface area contributed by atoms with Crippen LogP contribution in [0, 0.1) is 0 Å². The number of anilines is 1. The summed E-state index contributed by atoms with van der Waals surface area (Å²) in [4.78, 5) is 14.0. The maximum Gasteiger partial charge on any atom is 0.225 e. The molecule has 0 heterocycles. The van der Waals surface area contributed by atoms with Crippen LogP contribution >= 0.6 is 0 Å². The van der Waals surface area contributed by atoms with Crippen LogP contribution in [0.2, 0.25) is 0 Å². The minimum atomic E-state index is 0.00107. The average Bonchev–Trinajstić information content (AvgIpc) is 2.53. The van der Waals surface area contributed by atoms with Crippen LogP contribution in [0.4, 0.5) is 5.69 Å². The molecule has 22 heavy (non-hydrogen) atoms. The predicted octanol–water partition coefficient (Wildman–Crippen LogP) is 3.41. The summed E-state index contributed by atoms with van der Waals surface area (Å²) in [5, 5.41) is 12.4. The van der Waals surface area contributed by atoms with Gasteiger partial charge < -0.3 is 10.4 Å². The summed E-state index contributed by atoms with van der Waals surface area (Å²) in [5.41, 5.74) is 1.85. The molecule has 0 radical (unpaired) electrons. The standard InChI is InChI=1S/C18H22N2O2/c1-14(15-7-6-10-17(21)13-15)20(2)12-11-18(22)19-16-8-4-3-5-9-16/h3-10,13-14,21H,11-12H2,1-2H3,(H,19,22)/t14-/m1/s1. The van der Waals surface area contributed by atoms with Crippen molar-refractivity contribution in [1.82, 2.24) is 4.90 Å². The van der Waals surface area contributed by atoms with Crippen LogP contribution in [-0.4, -0.2) is 29.5 Å². The summed E-state index contributed by atoms with van der Waals surface area (Å²) in [5.74, 6) is 0.265. The number of amides is 1. The molecule has 0 saturated heterocycles. The second-order valence-corrected chi connectivity index (χ2v) is 5.42. The van der Waals surface area contributed by atoms with Gasteiger partial charge in [0.15, 0.2) is 0 Å². The Kier molecular flexibility index (Phi) is 5.55. The van der Waals surface area contributed by atoms with E-state index in [9.17, 15) is 9.90 Å². The van der Waals surface area contributed by atoms with Gasteiger partial charge in [-0.25, -0.2) is 0 Å². The van der Waals surface area contributed by atoms with Crippen molar-refractivity contribution in [2.24, 2.45) is 0 Å². The van der Waals surface area contributed by atoms with Gasteiger partial charge in [-0.1, -0.05) is 30.3 Å². The quantitative estimate of drug-likeness (QED) is 0.859. The lowest BCUT2D eigenvalue weighted by Crippen LogP contribution is -2.27. The fraction of sp³-hybridized carbons (Fsp3) is 0.278. The first-order valence-electron chi connectivity index (χ1n) is 7.40. The van der Waals surface area contributed by atoms with Gasteiger partial charge in [-0.2, -0.15) is 0 Å². The zero-order valence-corrected chi connectivity index (χ0v) is 13.0. The molecule has 0 aromatic heterocycles. The zero-order chi connectivity index (χ0) is 15.9. The Morgan fingerprint density at radius 1 is 1.18 bits per heavy atom. The number of para-hydroxylation sites is 1. The summed E-state index contributed by atoms with van der Waals surface area (Å²) >= 11 is 0. The molecule has 0 aliphatic rings. The van der Waals surface area contributed by atoms with Crippen LogP contribution in [0.15, 0.2) is 54.6 Å². The number of carbonyl (C=O) groups is 1. The molecule has 1 amide bonds. The van der Waals surface area contributed by atoms with E-state index in [1.54, 1.807) is 12.1 Å². The molecule has 1 atom stereocenters. The predicted molar refractivity (Wildman–Crippen MR) is 88.8 cm³/mol. The topological polar surface area (TPSA) is 52.6 Å². The molecular weight excluding hydrogens is 276 g/mol. The van der Waals surface area contributed by atoms with E-state index in [1.807, 2.05) is 49.5 Å². The third-order valence-electron chi connectivity index (χ3n) is 3.76. The van der Waals surface area contributed by atoms with E-state index in [-0.39, 0.29) is 17.7 Å². The molecule has 2 N–H and O–H groups in total. The second-order valence-electron chi connectivity index (χ2n) is 5.42. The van der Waals surface area contributed by atoms with Gasteiger partial charge >= 0.3 is 0 Å². The van der Waals surface area contributed by atoms with Crippen LogP contribution in [0.3, 0.4) is 0 Å². The number of carbonyl (C=O) groups excluding carboxylic acids is 1. The average molecular weight is 298 g/mol. The number of hydrogen-bond donors (Lipinski definition) is 2. The van der Waals surface area contributed by atoms with Crippen molar-refractivity contribution in [2.75, 3.05) is 18.9 Å². The third-order valence-corrected chi connectivity index (χ3v) is 3.76. The van der Waals surface area contributed by atoms with Gasteiger partial charge in [0.05, 0.1) is 0 Å². The monoisotopic (exact) mass is 298 g/mol. The molecule has 0 spiro atoms. The van der Waals surface area contributed by atoms with Crippen LogP contribution in [0.1, 0.15) is 24.9 Å². The van der Waals surface area contributed by atoms with Crippen molar-refractivity contribution < 1.29 is 9.90 Å². The third kappa shape index (κ3) is 4.60. The highest BCUT2D eigenvalue weighted by atomic mass is 16.3. The first-order chi connectivity index (χ1) is 10.6. The molecule has 0 bridgehead atoms. The highest BCUT2D eigenvalue weighted by molar-refractivity contribution is 5.90. The SMILES string of the molecule is C[C@H](c1cccc(O)c1)N(C)CCC(=O)Nc1ccccc1. The van der Waals surface area contributed by atoms with E-state index in [0.717, 1.165) is 11.3 Å². The van der Waals surface area contributed by atoms with Gasteiger partial charge in [-0.05, 0) is 43.8 Å². The number of phenolic OH excluding ortho intramolecular Hbond substituents is 1. The normalized spacial score (nSPS) is 12.1. The van der Waals surface area contributed by atoms with Crippen LogP contribution in [0.25, 0.3) is 0 Å². The first-order valence-corrected chi connectivity index (χ1v) is 7.40. The molecule has 116 valence electrons. The molecule has 4 nitrogen and oxygen atoms in total. The van der Waals surface area contributed by atoms with E-state index in [4.69, 9.17) is 0 Å². The Morgan fingerprint density at radius 3 is 2.59 bits per heavy atom. The van der Waals surface area contributed by atoms with Crippen molar-refractivity contribution in [3.05, 3.63) is 60.2 Å². The molecular formula is C18H22N2O2. The van der Waals surface area contributed by atoms with Gasteiger partial charge in [0, 0.05) is 24.7 Å². The molecule has 0 saturated carbocycles. The van der Waals surface area contributed by atoms with Gasteiger partial charge in [-0.3, -0.25) is 9.69 Å². The van der Waals surface area contributed by atoms with Crippen molar-refractivity contribution in [3.8, 4) is 5.75 Å². The molecule has 4 heteroatoms. The number of hydrogen-bond acceptors (Lipinski definition) is 3. The molecule has 2 aromatic rings. The van der Waals surface area contributed by atoms with E-state index in [1.165, 1.54) is 0 Å². The summed E-state index contributed by atoms with van der Waals surface area (Å²) in [7, 11) is 1.98. The largest absolute Gasteiger partial charge is 0.508 e. The minimum absolute atomic E-state index is 0.00107. The van der Waals surface area contributed by atoms with Crippen molar-refractivity contribution in [2.45, 2.75) is 19.4 Å². The summed E-state index contributed by atoms with van der Waals surface area (Å²) in [6.45, 7) is 2.71. The number of phenols is 1. The van der Waals surface area contributed by atoms with Crippen LogP contribution < -0.4 is 5.32 Å². The van der Waals surface area contributed by atoms with E-state index >= 15 is 0 Å². The number of nitrogens with one attached hydrogen (secondary N) is 1. The lowest BCUT2D eigenvalue weighted by molar-refractivity contribution is -0.116. The van der Waals surface area contributed by atoms with Crippen molar-refractivity contribution >= 4 is 11.6 Å². The Labute approximate surface area is 131 Å². The smallest absolute Gasteiger partial charge is 0.225 e. The van der Waals surface area contributed by atoms with Crippen molar-refractivity contribution in [3.63, 3.8) is 0 Å². The second kappa shape index (κ2) is 7.61. The van der Waals surface area contributed by atoms with Gasteiger partial charge in [0.2, 0.25) is 5.91 Å². The number of benzene rings is 2. The highest BCUT2D eigenvalue weighted by Crippen LogP contribution is 2.22. The molecule has 2 aromatic carbocycles.